The fourth-order valence-corrected chi connectivity index (χ4v) is 6.43. The summed E-state index contributed by atoms with van der Waals surface area (Å²) < 4.78 is 0. The lowest BCUT2D eigenvalue weighted by molar-refractivity contribution is 0.678. The number of benzene rings is 6. The molecule has 39 heavy (non-hydrogen) atoms. The zero-order chi connectivity index (χ0) is 26.3. The summed E-state index contributed by atoms with van der Waals surface area (Å²) in [6.45, 7) is 6.82. The van der Waals surface area contributed by atoms with Gasteiger partial charge in [0, 0.05) is 36.6 Å². The third-order valence-electron chi connectivity index (χ3n) is 8.52. The SMILES string of the molecule is CCCCN(CCCC)c1ccc2c(ccc3ccc4c5ccc6c7ccncc7ccc6c5ccc4c32)c1. The van der Waals surface area contributed by atoms with Crippen molar-refractivity contribution in [3.8, 4) is 0 Å². The van der Waals surface area contributed by atoms with Crippen LogP contribution in [0.5, 0.6) is 0 Å². The van der Waals surface area contributed by atoms with Gasteiger partial charge in [0.15, 0.2) is 0 Å². The number of rotatable bonds is 7. The molecule has 192 valence electrons. The van der Waals surface area contributed by atoms with Gasteiger partial charge in [0.2, 0.25) is 0 Å². The third kappa shape index (κ3) is 3.98. The minimum Gasteiger partial charge on any atom is -0.372 e. The molecule has 0 aliphatic carbocycles. The van der Waals surface area contributed by atoms with Crippen LogP contribution in [0.1, 0.15) is 39.5 Å². The number of hydrogen-bond acceptors (Lipinski definition) is 2. The van der Waals surface area contributed by atoms with Crippen molar-refractivity contribution >= 4 is 70.3 Å². The fraction of sp³-hybridized carbons (Fsp3) is 0.216. The number of unbranched alkanes of at least 4 members (excludes halogenated alkanes) is 2. The van der Waals surface area contributed by atoms with E-state index < -0.39 is 0 Å². The first-order valence-electron chi connectivity index (χ1n) is 14.5. The summed E-state index contributed by atoms with van der Waals surface area (Å²) >= 11 is 0. The minimum absolute atomic E-state index is 1.13. The van der Waals surface area contributed by atoms with E-state index in [1.54, 1.807) is 0 Å². The van der Waals surface area contributed by atoms with E-state index in [4.69, 9.17) is 0 Å². The topological polar surface area (TPSA) is 16.1 Å². The largest absolute Gasteiger partial charge is 0.372 e. The van der Waals surface area contributed by atoms with Gasteiger partial charge in [-0.3, -0.25) is 4.98 Å². The number of nitrogens with zero attached hydrogens (tertiary/aromatic N) is 2. The molecule has 0 radical (unpaired) electrons. The molecule has 0 aliphatic rings. The Morgan fingerprint density at radius 2 is 1.05 bits per heavy atom. The van der Waals surface area contributed by atoms with Crippen LogP contribution in [-0.4, -0.2) is 18.1 Å². The van der Waals surface area contributed by atoms with Gasteiger partial charge in [0.25, 0.3) is 0 Å². The minimum atomic E-state index is 1.13. The molecule has 1 aromatic heterocycles. The van der Waals surface area contributed by atoms with E-state index in [0.29, 0.717) is 0 Å². The van der Waals surface area contributed by atoms with E-state index in [9.17, 15) is 0 Å². The molecule has 0 fully saturated rings. The molecule has 7 aromatic rings. The van der Waals surface area contributed by atoms with Gasteiger partial charge in [-0.05, 0) is 90.3 Å². The van der Waals surface area contributed by atoms with Crippen LogP contribution in [0.15, 0.2) is 97.3 Å². The van der Waals surface area contributed by atoms with Crippen molar-refractivity contribution in [2.24, 2.45) is 0 Å². The Hall–Kier alpha value is -4.17. The average Bonchev–Trinajstić information content (AvgIpc) is 2.99. The monoisotopic (exact) mass is 506 g/mol. The lowest BCUT2D eigenvalue weighted by Gasteiger charge is -2.25. The molecule has 0 saturated heterocycles. The molecule has 0 N–H and O–H groups in total. The molecule has 7 rings (SSSR count). The highest BCUT2D eigenvalue weighted by Gasteiger charge is 2.13. The summed E-state index contributed by atoms with van der Waals surface area (Å²) in [7, 11) is 0. The summed E-state index contributed by atoms with van der Waals surface area (Å²) in [4.78, 5) is 6.90. The number of anilines is 1. The molecule has 1 heterocycles. The fourth-order valence-electron chi connectivity index (χ4n) is 6.43. The zero-order valence-electron chi connectivity index (χ0n) is 22.9. The van der Waals surface area contributed by atoms with Gasteiger partial charge in [0.1, 0.15) is 0 Å². The molecule has 0 aliphatic heterocycles. The van der Waals surface area contributed by atoms with E-state index in [1.165, 1.54) is 96.0 Å². The Morgan fingerprint density at radius 3 is 1.77 bits per heavy atom. The Balaban J connectivity index is 1.43. The molecule has 2 nitrogen and oxygen atoms in total. The van der Waals surface area contributed by atoms with Crippen molar-refractivity contribution in [1.29, 1.82) is 0 Å². The van der Waals surface area contributed by atoms with Crippen LogP contribution in [0, 0.1) is 0 Å². The van der Waals surface area contributed by atoms with E-state index in [1.807, 2.05) is 12.4 Å². The second-order valence-electron chi connectivity index (χ2n) is 10.9. The highest BCUT2D eigenvalue weighted by molar-refractivity contribution is 6.28. The van der Waals surface area contributed by atoms with Crippen LogP contribution in [0.25, 0.3) is 64.6 Å². The molecule has 0 bridgehead atoms. The second kappa shape index (κ2) is 9.85. The van der Waals surface area contributed by atoms with Gasteiger partial charge >= 0.3 is 0 Å². The first-order chi connectivity index (χ1) is 19.3. The average molecular weight is 507 g/mol. The molecule has 0 amide bonds. The molecule has 6 aromatic carbocycles. The summed E-state index contributed by atoms with van der Waals surface area (Å²) in [5.74, 6) is 0. The molecule has 0 saturated carbocycles. The maximum Gasteiger partial charge on any atom is 0.0372 e. The molecule has 0 atom stereocenters. The van der Waals surface area contributed by atoms with Crippen LogP contribution in [0.3, 0.4) is 0 Å². The Bertz CT molecular complexity index is 2000. The Morgan fingerprint density at radius 1 is 0.513 bits per heavy atom. The Kier molecular flexibility index (Phi) is 6.04. The first kappa shape index (κ1) is 23.9. The quantitative estimate of drug-likeness (QED) is 0.200. The highest BCUT2D eigenvalue weighted by Crippen LogP contribution is 2.39. The molecular formula is C37H34N2. The van der Waals surface area contributed by atoms with Gasteiger partial charge in [0.05, 0.1) is 0 Å². The molecule has 2 heteroatoms. The van der Waals surface area contributed by atoms with Gasteiger partial charge in [-0.1, -0.05) is 93.4 Å². The third-order valence-corrected chi connectivity index (χ3v) is 8.52. The molecule has 0 spiro atoms. The zero-order valence-corrected chi connectivity index (χ0v) is 22.9. The number of fused-ring (bicyclic) bond motifs is 11. The van der Waals surface area contributed by atoms with Crippen molar-refractivity contribution < 1.29 is 0 Å². The lowest BCUT2D eigenvalue weighted by atomic mass is 9.91. The molecular weight excluding hydrogens is 472 g/mol. The number of pyridine rings is 1. The van der Waals surface area contributed by atoms with Crippen LogP contribution in [-0.2, 0) is 0 Å². The summed E-state index contributed by atoms with van der Waals surface area (Å²) in [5.41, 5.74) is 1.35. The van der Waals surface area contributed by atoms with Crippen molar-refractivity contribution in [2.45, 2.75) is 39.5 Å². The van der Waals surface area contributed by atoms with Gasteiger partial charge in [-0.25, -0.2) is 0 Å². The van der Waals surface area contributed by atoms with Gasteiger partial charge in [-0.2, -0.15) is 0 Å². The number of aromatic nitrogens is 1. The van der Waals surface area contributed by atoms with Crippen LogP contribution >= 0.6 is 0 Å². The van der Waals surface area contributed by atoms with E-state index in [0.717, 1.165) is 13.1 Å². The van der Waals surface area contributed by atoms with Crippen LogP contribution in [0.2, 0.25) is 0 Å². The van der Waals surface area contributed by atoms with Crippen molar-refractivity contribution in [1.82, 2.24) is 4.98 Å². The first-order valence-corrected chi connectivity index (χ1v) is 14.5. The second-order valence-corrected chi connectivity index (χ2v) is 10.9. The molecule has 0 unspecified atom stereocenters. The normalized spacial score (nSPS) is 11.9. The van der Waals surface area contributed by atoms with Crippen LogP contribution < -0.4 is 4.90 Å². The number of hydrogen-bond donors (Lipinski definition) is 0. The van der Waals surface area contributed by atoms with Crippen LogP contribution in [0.4, 0.5) is 5.69 Å². The van der Waals surface area contributed by atoms with E-state index >= 15 is 0 Å². The summed E-state index contributed by atoms with van der Waals surface area (Å²) in [6.07, 6.45) is 8.76. The maximum atomic E-state index is 4.32. The predicted octanol–water partition coefficient (Wildman–Crippen LogP) is 10.4. The smallest absolute Gasteiger partial charge is 0.0372 e. The predicted molar refractivity (Wildman–Crippen MR) is 171 cm³/mol. The van der Waals surface area contributed by atoms with E-state index in [2.05, 4.69) is 109 Å². The van der Waals surface area contributed by atoms with Gasteiger partial charge in [-0.15, -0.1) is 0 Å². The summed E-state index contributed by atoms with van der Waals surface area (Å²) in [6, 6.07) is 32.2. The van der Waals surface area contributed by atoms with Crippen molar-refractivity contribution in [2.75, 3.05) is 18.0 Å². The van der Waals surface area contributed by atoms with Crippen molar-refractivity contribution in [3.05, 3.63) is 97.3 Å². The Labute approximate surface area is 229 Å². The highest BCUT2D eigenvalue weighted by atomic mass is 15.1. The van der Waals surface area contributed by atoms with E-state index in [-0.39, 0.29) is 0 Å². The summed E-state index contributed by atoms with van der Waals surface area (Å²) in [5, 5.41) is 15.6. The standard InChI is InChI=1S/C37H34N2/c1-3-5-21-39(22-6-4-2)28-11-14-30-26(23-28)8-7-25-9-12-35-34-16-15-31-29-19-20-38-24-27(29)10-13-32(31)33(34)17-18-36(35)37(25)30/h7-20,23-24H,3-6,21-22H2,1-2H3. The van der Waals surface area contributed by atoms with Gasteiger partial charge < -0.3 is 4.90 Å². The van der Waals surface area contributed by atoms with Crippen molar-refractivity contribution in [3.63, 3.8) is 0 Å². The lowest BCUT2D eigenvalue weighted by Crippen LogP contribution is -2.25. The maximum absolute atomic E-state index is 4.32.